The second-order valence-electron chi connectivity index (χ2n) is 2.93. The number of hydrogen-bond donors (Lipinski definition) is 1. The highest BCUT2D eigenvalue weighted by molar-refractivity contribution is 7.07. The fourth-order valence-corrected chi connectivity index (χ4v) is 2.16. The van der Waals surface area contributed by atoms with E-state index >= 15 is 0 Å². The molecule has 0 fully saturated rings. The van der Waals surface area contributed by atoms with Crippen LogP contribution in [-0.4, -0.2) is 15.8 Å². The Kier molecular flexibility index (Phi) is 3.07. The normalized spacial score (nSPS) is 11.7. The average Bonchev–Trinajstić information content (AvgIpc) is 2.65. The van der Waals surface area contributed by atoms with Crippen molar-refractivity contribution in [1.29, 1.82) is 0 Å². The molecular weight excluding hydrogens is 248 g/mol. The lowest BCUT2D eigenvalue weighted by molar-refractivity contribution is 0.204. The fraction of sp³-hybridized carbons (Fsp3) is 0. The van der Waals surface area contributed by atoms with Gasteiger partial charge in [-0.3, -0.25) is 4.57 Å². The predicted molar refractivity (Wildman–Crippen MR) is 62.2 cm³/mol. The number of aromatic nitrogens is 1. The quantitative estimate of drug-likeness (QED) is 0.851. The van der Waals surface area contributed by atoms with Gasteiger partial charge in [-0.25, -0.2) is 4.79 Å². The maximum atomic E-state index is 10.5. The molecule has 0 saturated heterocycles. The largest absolute Gasteiger partial charge is 0.463 e. The van der Waals surface area contributed by atoms with Gasteiger partial charge in [-0.05, 0) is 18.2 Å². The molecule has 0 atom stereocenters. The molecule has 1 N–H and O–H groups in total. The Hall–Kier alpha value is -1.59. The van der Waals surface area contributed by atoms with Gasteiger partial charge in [-0.2, -0.15) is 0 Å². The molecule has 16 heavy (non-hydrogen) atoms. The van der Waals surface area contributed by atoms with Crippen molar-refractivity contribution in [1.82, 2.24) is 4.57 Å². The number of benzene rings is 1. The van der Waals surface area contributed by atoms with Crippen molar-refractivity contribution in [3.05, 3.63) is 45.7 Å². The average molecular weight is 255 g/mol. The SMILES string of the molecule is O=C(O)N=c1sccn1-c1cccc(Cl)c1. The summed E-state index contributed by atoms with van der Waals surface area (Å²) in [6.45, 7) is 0. The Balaban J connectivity index is 2.57. The molecule has 0 saturated carbocycles. The highest BCUT2D eigenvalue weighted by Gasteiger charge is 2.01. The van der Waals surface area contributed by atoms with Crippen LogP contribution in [0, 0.1) is 0 Å². The van der Waals surface area contributed by atoms with Crippen LogP contribution in [0.5, 0.6) is 0 Å². The van der Waals surface area contributed by atoms with Crippen molar-refractivity contribution in [3.8, 4) is 5.69 Å². The van der Waals surface area contributed by atoms with Gasteiger partial charge in [0.05, 0.1) is 0 Å². The number of carbonyl (C=O) groups is 1. The van der Waals surface area contributed by atoms with Gasteiger partial charge in [0.25, 0.3) is 0 Å². The number of thiazole rings is 1. The van der Waals surface area contributed by atoms with Crippen LogP contribution >= 0.6 is 22.9 Å². The molecule has 4 nitrogen and oxygen atoms in total. The number of halogens is 1. The summed E-state index contributed by atoms with van der Waals surface area (Å²) in [4.78, 5) is 14.4. The van der Waals surface area contributed by atoms with Crippen LogP contribution in [0.1, 0.15) is 0 Å². The van der Waals surface area contributed by atoms with Crippen LogP contribution in [0.25, 0.3) is 5.69 Å². The molecule has 82 valence electrons. The van der Waals surface area contributed by atoms with Gasteiger partial charge >= 0.3 is 6.09 Å². The van der Waals surface area contributed by atoms with E-state index in [0.29, 0.717) is 9.82 Å². The standard InChI is InChI=1S/C10H7ClN2O2S/c11-7-2-1-3-8(6-7)13-4-5-16-9(13)12-10(14)15/h1-6H,(H,14,15). The van der Waals surface area contributed by atoms with E-state index in [9.17, 15) is 4.79 Å². The fourth-order valence-electron chi connectivity index (χ4n) is 1.26. The van der Waals surface area contributed by atoms with E-state index in [1.54, 1.807) is 34.3 Å². The van der Waals surface area contributed by atoms with Crippen LogP contribution in [0.3, 0.4) is 0 Å². The van der Waals surface area contributed by atoms with Gasteiger partial charge in [0.2, 0.25) is 4.80 Å². The van der Waals surface area contributed by atoms with Crippen molar-refractivity contribution in [2.45, 2.75) is 0 Å². The lowest BCUT2D eigenvalue weighted by atomic mass is 10.3. The summed E-state index contributed by atoms with van der Waals surface area (Å²) >= 11 is 7.11. The van der Waals surface area contributed by atoms with Crippen molar-refractivity contribution in [2.75, 3.05) is 0 Å². The minimum atomic E-state index is -1.21. The first-order valence-corrected chi connectivity index (χ1v) is 5.62. The molecule has 0 aliphatic rings. The van der Waals surface area contributed by atoms with Gasteiger partial charge < -0.3 is 5.11 Å². The third-order valence-corrected chi connectivity index (χ3v) is 2.86. The molecule has 1 heterocycles. The number of hydrogen-bond acceptors (Lipinski definition) is 2. The molecule has 0 radical (unpaired) electrons. The molecular formula is C10H7ClN2O2S. The molecule has 0 spiro atoms. The molecule has 1 amide bonds. The summed E-state index contributed by atoms with van der Waals surface area (Å²) in [6.07, 6.45) is 0.538. The highest BCUT2D eigenvalue weighted by atomic mass is 35.5. The summed E-state index contributed by atoms with van der Waals surface area (Å²) in [6, 6.07) is 7.13. The highest BCUT2D eigenvalue weighted by Crippen LogP contribution is 2.13. The zero-order chi connectivity index (χ0) is 11.5. The summed E-state index contributed by atoms with van der Waals surface area (Å²) in [5.74, 6) is 0. The lowest BCUT2D eigenvalue weighted by Crippen LogP contribution is -2.13. The molecule has 2 rings (SSSR count). The molecule has 0 unspecified atom stereocenters. The summed E-state index contributed by atoms with van der Waals surface area (Å²) in [7, 11) is 0. The number of amides is 1. The van der Waals surface area contributed by atoms with Crippen LogP contribution < -0.4 is 4.80 Å². The zero-order valence-corrected chi connectivity index (χ0v) is 9.57. The van der Waals surface area contributed by atoms with Gasteiger partial charge in [-0.15, -0.1) is 16.3 Å². The van der Waals surface area contributed by atoms with Crippen molar-refractivity contribution in [2.24, 2.45) is 4.99 Å². The summed E-state index contributed by atoms with van der Waals surface area (Å²) in [5, 5.41) is 11.0. The first-order valence-electron chi connectivity index (χ1n) is 4.36. The smallest absolute Gasteiger partial charge is 0.433 e. The van der Waals surface area contributed by atoms with E-state index in [1.807, 2.05) is 6.07 Å². The third-order valence-electron chi connectivity index (χ3n) is 1.87. The maximum absolute atomic E-state index is 10.5. The van der Waals surface area contributed by atoms with Gasteiger partial charge in [-0.1, -0.05) is 17.7 Å². The Morgan fingerprint density at radius 3 is 3.00 bits per heavy atom. The first-order chi connectivity index (χ1) is 7.66. The second-order valence-corrected chi connectivity index (χ2v) is 4.24. The topological polar surface area (TPSA) is 54.6 Å². The predicted octanol–water partition coefficient (Wildman–Crippen LogP) is 2.77. The zero-order valence-electron chi connectivity index (χ0n) is 8.00. The minimum absolute atomic E-state index is 0.398. The van der Waals surface area contributed by atoms with Gasteiger partial charge in [0.15, 0.2) is 0 Å². The first kappa shape index (κ1) is 10.9. The van der Waals surface area contributed by atoms with Crippen molar-refractivity contribution < 1.29 is 9.90 Å². The number of nitrogens with zero attached hydrogens (tertiary/aromatic N) is 2. The van der Waals surface area contributed by atoms with Crippen LogP contribution in [0.15, 0.2) is 40.8 Å². The summed E-state index contributed by atoms with van der Waals surface area (Å²) < 4.78 is 1.67. The molecule has 6 heteroatoms. The van der Waals surface area contributed by atoms with Crippen molar-refractivity contribution in [3.63, 3.8) is 0 Å². The van der Waals surface area contributed by atoms with E-state index < -0.39 is 6.09 Å². The van der Waals surface area contributed by atoms with Crippen molar-refractivity contribution >= 4 is 29.0 Å². The Morgan fingerprint density at radius 2 is 2.31 bits per heavy atom. The summed E-state index contributed by atoms with van der Waals surface area (Å²) in [5.41, 5.74) is 0.786. The van der Waals surface area contributed by atoms with E-state index in [4.69, 9.17) is 16.7 Å². The third kappa shape index (κ3) is 2.32. The van der Waals surface area contributed by atoms with E-state index in [0.717, 1.165) is 5.69 Å². The Bertz CT molecular complexity index is 588. The second kappa shape index (κ2) is 4.51. The van der Waals surface area contributed by atoms with Gasteiger partial charge in [0.1, 0.15) is 0 Å². The van der Waals surface area contributed by atoms with Gasteiger partial charge in [0, 0.05) is 22.3 Å². The molecule has 0 bridgehead atoms. The van der Waals surface area contributed by atoms with Crippen LogP contribution in [0.4, 0.5) is 4.79 Å². The lowest BCUT2D eigenvalue weighted by Gasteiger charge is -2.02. The van der Waals surface area contributed by atoms with E-state index in [-0.39, 0.29) is 0 Å². The Morgan fingerprint density at radius 1 is 1.50 bits per heavy atom. The molecule has 2 aromatic rings. The monoisotopic (exact) mass is 254 g/mol. The molecule has 0 aliphatic heterocycles. The van der Waals surface area contributed by atoms with Crippen LogP contribution in [0.2, 0.25) is 5.02 Å². The number of rotatable bonds is 1. The van der Waals surface area contributed by atoms with E-state index in [2.05, 4.69) is 4.99 Å². The Labute approximate surface area is 100 Å². The molecule has 1 aromatic carbocycles. The maximum Gasteiger partial charge on any atom is 0.433 e. The number of carboxylic acid groups (broad SMARTS) is 1. The van der Waals surface area contributed by atoms with Crippen LogP contribution in [-0.2, 0) is 0 Å². The molecule has 1 aromatic heterocycles. The molecule has 0 aliphatic carbocycles. The minimum Gasteiger partial charge on any atom is -0.463 e. The van der Waals surface area contributed by atoms with E-state index in [1.165, 1.54) is 11.3 Å².